The van der Waals surface area contributed by atoms with Crippen LogP contribution in [-0.2, 0) is 14.8 Å². The molecule has 0 saturated carbocycles. The summed E-state index contributed by atoms with van der Waals surface area (Å²) in [4.78, 5) is 28.2. The van der Waals surface area contributed by atoms with Gasteiger partial charge in [-0.1, -0.05) is 0 Å². The molecule has 0 atom stereocenters. The largest absolute Gasteiger partial charge is 0.370 e. The zero-order valence-electron chi connectivity index (χ0n) is 19.2. The van der Waals surface area contributed by atoms with Crippen LogP contribution in [-0.4, -0.2) is 68.7 Å². The fourth-order valence-corrected chi connectivity index (χ4v) is 5.81. The van der Waals surface area contributed by atoms with E-state index in [0.717, 1.165) is 38.0 Å². The Morgan fingerprint density at radius 1 is 0.882 bits per heavy atom. The van der Waals surface area contributed by atoms with Crippen molar-refractivity contribution < 1.29 is 22.4 Å². The molecule has 8 nitrogen and oxygen atoms in total. The van der Waals surface area contributed by atoms with E-state index < -0.39 is 21.7 Å². The molecule has 182 valence electrons. The standard InChI is InChI=1S/C24H29FN4O4S/c1-18(30)27-13-15-29(16-14-27)34(32,33)21-8-5-19(6-9-21)24(31)26-22-17-20(25)7-10-23(22)28-11-3-2-4-12-28/h5-10,17H,2-4,11-16H2,1H3,(H,26,31). The van der Waals surface area contributed by atoms with E-state index in [1.165, 1.54) is 47.6 Å². The molecule has 2 aromatic rings. The van der Waals surface area contributed by atoms with Gasteiger partial charge in [0.15, 0.2) is 0 Å². The first-order valence-corrected chi connectivity index (χ1v) is 12.9. The molecule has 34 heavy (non-hydrogen) atoms. The highest BCUT2D eigenvalue weighted by Gasteiger charge is 2.29. The average Bonchev–Trinajstić information content (AvgIpc) is 2.85. The van der Waals surface area contributed by atoms with Crippen LogP contribution in [0, 0.1) is 5.82 Å². The molecule has 2 aliphatic rings. The van der Waals surface area contributed by atoms with Gasteiger partial charge in [-0.05, 0) is 61.7 Å². The number of piperidine rings is 1. The number of hydrogen-bond acceptors (Lipinski definition) is 5. The number of sulfonamides is 1. The number of nitrogens with zero attached hydrogens (tertiary/aromatic N) is 3. The number of amides is 2. The maximum atomic E-state index is 13.9. The van der Waals surface area contributed by atoms with Crippen LogP contribution in [0.3, 0.4) is 0 Å². The molecule has 1 N–H and O–H groups in total. The zero-order chi connectivity index (χ0) is 24.3. The van der Waals surface area contributed by atoms with Crippen molar-refractivity contribution in [1.82, 2.24) is 9.21 Å². The lowest BCUT2D eigenvalue weighted by molar-refractivity contribution is -0.129. The highest BCUT2D eigenvalue weighted by Crippen LogP contribution is 2.30. The minimum absolute atomic E-state index is 0.0749. The van der Waals surface area contributed by atoms with Crippen LogP contribution in [0.15, 0.2) is 47.4 Å². The van der Waals surface area contributed by atoms with E-state index in [2.05, 4.69) is 10.2 Å². The number of nitrogens with one attached hydrogen (secondary N) is 1. The summed E-state index contributed by atoms with van der Waals surface area (Å²) in [7, 11) is -3.73. The summed E-state index contributed by atoms with van der Waals surface area (Å²) >= 11 is 0. The highest BCUT2D eigenvalue weighted by atomic mass is 32.2. The molecule has 2 amide bonds. The van der Waals surface area contributed by atoms with Crippen molar-refractivity contribution in [2.75, 3.05) is 49.5 Å². The van der Waals surface area contributed by atoms with Crippen molar-refractivity contribution in [2.24, 2.45) is 0 Å². The molecule has 4 rings (SSSR count). The minimum atomic E-state index is -3.73. The monoisotopic (exact) mass is 488 g/mol. The van der Waals surface area contributed by atoms with E-state index in [1.807, 2.05) is 0 Å². The van der Waals surface area contributed by atoms with Crippen molar-refractivity contribution >= 4 is 33.2 Å². The lowest BCUT2D eigenvalue weighted by Gasteiger charge is -2.33. The number of carbonyl (C=O) groups is 2. The second kappa shape index (κ2) is 10.1. The SMILES string of the molecule is CC(=O)N1CCN(S(=O)(=O)c2ccc(C(=O)Nc3cc(F)ccc3N3CCCCC3)cc2)CC1. The normalized spacial score (nSPS) is 17.5. The van der Waals surface area contributed by atoms with E-state index in [9.17, 15) is 22.4 Å². The molecule has 10 heteroatoms. The second-order valence-corrected chi connectivity index (χ2v) is 10.5. The number of rotatable bonds is 5. The Kier molecular flexibility index (Phi) is 7.18. The Morgan fingerprint density at radius 3 is 2.15 bits per heavy atom. The smallest absolute Gasteiger partial charge is 0.255 e. The van der Waals surface area contributed by atoms with Gasteiger partial charge in [0.05, 0.1) is 16.3 Å². The van der Waals surface area contributed by atoms with Crippen LogP contribution in [0.2, 0.25) is 0 Å². The Morgan fingerprint density at radius 2 is 1.53 bits per heavy atom. The van der Waals surface area contributed by atoms with Gasteiger partial charge in [-0.15, -0.1) is 0 Å². The average molecular weight is 489 g/mol. The van der Waals surface area contributed by atoms with Gasteiger partial charge in [0.1, 0.15) is 5.82 Å². The first-order valence-electron chi connectivity index (χ1n) is 11.5. The number of piperazine rings is 1. The molecule has 2 heterocycles. The molecule has 0 aliphatic carbocycles. The van der Waals surface area contributed by atoms with E-state index >= 15 is 0 Å². The van der Waals surface area contributed by atoms with Gasteiger partial charge in [0.25, 0.3) is 5.91 Å². The summed E-state index contributed by atoms with van der Waals surface area (Å²) in [6.45, 7) is 4.31. The fraction of sp³-hybridized carbons (Fsp3) is 0.417. The summed E-state index contributed by atoms with van der Waals surface area (Å²) < 4.78 is 41.2. The van der Waals surface area contributed by atoms with Crippen molar-refractivity contribution in [1.29, 1.82) is 0 Å². The van der Waals surface area contributed by atoms with Crippen LogP contribution in [0.25, 0.3) is 0 Å². The molecule has 2 fully saturated rings. The van der Waals surface area contributed by atoms with Crippen LogP contribution in [0.4, 0.5) is 15.8 Å². The lowest BCUT2D eigenvalue weighted by atomic mass is 10.1. The van der Waals surface area contributed by atoms with Gasteiger partial charge in [0.2, 0.25) is 15.9 Å². The number of halogens is 1. The third-order valence-corrected chi connectivity index (χ3v) is 8.25. The van der Waals surface area contributed by atoms with E-state index in [1.54, 1.807) is 11.0 Å². The Hall–Kier alpha value is -2.98. The maximum absolute atomic E-state index is 13.9. The Labute approximate surface area is 199 Å². The number of carbonyl (C=O) groups excluding carboxylic acids is 2. The van der Waals surface area contributed by atoms with Gasteiger partial charge in [-0.3, -0.25) is 9.59 Å². The predicted molar refractivity (Wildman–Crippen MR) is 128 cm³/mol. The van der Waals surface area contributed by atoms with E-state index in [0.29, 0.717) is 18.8 Å². The summed E-state index contributed by atoms with van der Waals surface area (Å²) in [5.74, 6) is -0.959. The first-order chi connectivity index (χ1) is 16.3. The quantitative estimate of drug-likeness (QED) is 0.699. The Bertz CT molecular complexity index is 1160. The number of anilines is 2. The summed E-state index contributed by atoms with van der Waals surface area (Å²) in [5, 5.41) is 2.78. The molecule has 0 spiro atoms. The molecule has 2 aromatic carbocycles. The highest BCUT2D eigenvalue weighted by molar-refractivity contribution is 7.89. The van der Waals surface area contributed by atoms with Crippen molar-refractivity contribution in [3.63, 3.8) is 0 Å². The van der Waals surface area contributed by atoms with E-state index in [-0.39, 0.29) is 29.5 Å². The summed E-state index contributed by atoms with van der Waals surface area (Å²) in [6.07, 6.45) is 3.25. The summed E-state index contributed by atoms with van der Waals surface area (Å²) in [5.41, 5.74) is 1.44. The maximum Gasteiger partial charge on any atom is 0.255 e. The van der Waals surface area contributed by atoms with Crippen molar-refractivity contribution in [3.8, 4) is 0 Å². The van der Waals surface area contributed by atoms with Gasteiger partial charge in [-0.25, -0.2) is 12.8 Å². The third-order valence-electron chi connectivity index (χ3n) is 6.34. The van der Waals surface area contributed by atoms with E-state index in [4.69, 9.17) is 0 Å². The topological polar surface area (TPSA) is 90.0 Å². The predicted octanol–water partition coefficient (Wildman–Crippen LogP) is 2.92. The Balaban J connectivity index is 1.47. The molecular weight excluding hydrogens is 459 g/mol. The molecule has 2 saturated heterocycles. The second-order valence-electron chi connectivity index (χ2n) is 8.60. The van der Waals surface area contributed by atoms with Gasteiger partial charge >= 0.3 is 0 Å². The molecule has 0 aromatic heterocycles. The van der Waals surface area contributed by atoms with Gasteiger partial charge in [-0.2, -0.15) is 4.31 Å². The van der Waals surface area contributed by atoms with Crippen LogP contribution < -0.4 is 10.2 Å². The van der Waals surface area contributed by atoms with Gasteiger partial charge < -0.3 is 15.1 Å². The van der Waals surface area contributed by atoms with Crippen LogP contribution in [0.5, 0.6) is 0 Å². The molecule has 0 unspecified atom stereocenters. The number of benzene rings is 2. The van der Waals surface area contributed by atoms with Crippen molar-refractivity contribution in [2.45, 2.75) is 31.1 Å². The zero-order valence-corrected chi connectivity index (χ0v) is 20.0. The number of hydrogen-bond donors (Lipinski definition) is 1. The van der Waals surface area contributed by atoms with Crippen LogP contribution in [0.1, 0.15) is 36.5 Å². The summed E-state index contributed by atoms with van der Waals surface area (Å²) in [6, 6.07) is 10.1. The molecule has 2 aliphatic heterocycles. The van der Waals surface area contributed by atoms with Gasteiger partial charge in [0, 0.05) is 51.8 Å². The van der Waals surface area contributed by atoms with Crippen LogP contribution >= 0.6 is 0 Å². The molecular formula is C24H29FN4O4S. The fourth-order valence-electron chi connectivity index (χ4n) is 4.38. The molecule has 0 radical (unpaired) electrons. The first kappa shape index (κ1) is 24.2. The van der Waals surface area contributed by atoms with Crippen molar-refractivity contribution in [3.05, 3.63) is 53.8 Å². The third kappa shape index (κ3) is 5.23. The minimum Gasteiger partial charge on any atom is -0.370 e. The lowest BCUT2D eigenvalue weighted by Crippen LogP contribution is -2.49. The molecule has 0 bridgehead atoms.